The molecule has 80 valence electrons. The Bertz CT molecular complexity index is 345. The van der Waals surface area contributed by atoms with E-state index in [4.69, 9.17) is 5.11 Å². The Morgan fingerprint density at radius 3 is 2.53 bits per heavy atom. The van der Waals surface area contributed by atoms with Gasteiger partial charge in [0.2, 0.25) is 5.91 Å². The minimum Gasteiger partial charge on any atom is -0.508 e. The van der Waals surface area contributed by atoms with Crippen molar-refractivity contribution in [3.05, 3.63) is 29.8 Å². The van der Waals surface area contributed by atoms with Crippen LogP contribution in [0.2, 0.25) is 0 Å². The van der Waals surface area contributed by atoms with Crippen molar-refractivity contribution in [3.8, 4) is 5.75 Å². The zero-order valence-corrected chi connectivity index (χ0v) is 8.43. The summed E-state index contributed by atoms with van der Waals surface area (Å²) < 4.78 is 0. The van der Waals surface area contributed by atoms with Gasteiger partial charge in [0, 0.05) is 6.92 Å². The fraction of sp³-hybridized carbons (Fsp3) is 0.273. The van der Waals surface area contributed by atoms with E-state index < -0.39 is 6.04 Å². The lowest BCUT2D eigenvalue weighted by molar-refractivity contribution is -0.122. The molecule has 1 amide bonds. The number of phenolic OH excluding ortho intramolecular Hbond substituents is 1. The number of aldehydes is 1. The molecule has 0 bridgehead atoms. The number of phenols is 1. The summed E-state index contributed by atoms with van der Waals surface area (Å²) >= 11 is 0. The summed E-state index contributed by atoms with van der Waals surface area (Å²) in [6.45, 7) is 1.37. The molecule has 0 aliphatic carbocycles. The number of nitrogens with one attached hydrogen (secondary N) is 1. The third kappa shape index (κ3) is 3.81. The molecule has 1 rings (SSSR count). The monoisotopic (exact) mass is 207 g/mol. The van der Waals surface area contributed by atoms with Crippen molar-refractivity contribution in [2.45, 2.75) is 19.4 Å². The van der Waals surface area contributed by atoms with Crippen LogP contribution in [0, 0.1) is 0 Å². The fourth-order valence-electron chi connectivity index (χ4n) is 1.28. The standard InChI is InChI=1S/C11H13NO3/c1-8(14)12-10(7-13)6-9-2-4-11(15)5-3-9/h2-5,7,10,15H,6H2,1H3,(H,12,14). The Labute approximate surface area is 87.9 Å². The molecule has 1 atom stereocenters. The van der Waals surface area contributed by atoms with Crippen LogP contribution in [0.4, 0.5) is 0 Å². The molecule has 0 saturated heterocycles. The zero-order valence-electron chi connectivity index (χ0n) is 8.43. The molecule has 0 heterocycles. The molecule has 1 aromatic rings. The third-order valence-corrected chi connectivity index (χ3v) is 1.94. The van der Waals surface area contributed by atoms with Gasteiger partial charge in [0.05, 0.1) is 6.04 Å². The minimum absolute atomic E-state index is 0.181. The molecule has 0 aromatic heterocycles. The van der Waals surface area contributed by atoms with Crippen molar-refractivity contribution in [2.75, 3.05) is 0 Å². The third-order valence-electron chi connectivity index (χ3n) is 1.94. The lowest BCUT2D eigenvalue weighted by Gasteiger charge is -2.10. The predicted molar refractivity (Wildman–Crippen MR) is 55.5 cm³/mol. The molecule has 2 N–H and O–H groups in total. The predicted octanol–water partition coefficient (Wildman–Crippen LogP) is 0.638. The van der Waals surface area contributed by atoms with Crippen LogP contribution >= 0.6 is 0 Å². The average Bonchev–Trinajstić information content (AvgIpc) is 2.19. The number of carbonyl (C=O) groups excluding carboxylic acids is 2. The highest BCUT2D eigenvalue weighted by Crippen LogP contribution is 2.10. The fourth-order valence-corrected chi connectivity index (χ4v) is 1.28. The van der Waals surface area contributed by atoms with Crippen LogP contribution in [0.1, 0.15) is 12.5 Å². The first kappa shape index (κ1) is 11.2. The summed E-state index contributed by atoms with van der Waals surface area (Å²) in [6, 6.07) is 6.02. The number of hydrogen-bond donors (Lipinski definition) is 2. The van der Waals surface area contributed by atoms with E-state index >= 15 is 0 Å². The van der Waals surface area contributed by atoms with Gasteiger partial charge in [0.15, 0.2) is 0 Å². The van der Waals surface area contributed by atoms with Gasteiger partial charge in [-0.05, 0) is 24.1 Å². The number of amides is 1. The highest BCUT2D eigenvalue weighted by Gasteiger charge is 2.08. The summed E-state index contributed by atoms with van der Waals surface area (Å²) in [7, 11) is 0. The number of rotatable bonds is 4. The molecule has 0 aliphatic heterocycles. The van der Waals surface area contributed by atoms with Gasteiger partial charge in [-0.1, -0.05) is 12.1 Å². The molecule has 0 saturated carbocycles. The number of aromatic hydroxyl groups is 1. The van der Waals surface area contributed by atoms with Crippen molar-refractivity contribution < 1.29 is 14.7 Å². The van der Waals surface area contributed by atoms with Crippen molar-refractivity contribution in [1.29, 1.82) is 0 Å². The normalized spacial score (nSPS) is 11.8. The highest BCUT2D eigenvalue weighted by molar-refractivity contribution is 5.77. The highest BCUT2D eigenvalue weighted by atomic mass is 16.3. The summed E-state index contributed by atoms with van der Waals surface area (Å²) in [5.41, 5.74) is 0.888. The van der Waals surface area contributed by atoms with Crippen LogP contribution in [0.15, 0.2) is 24.3 Å². The van der Waals surface area contributed by atoms with Gasteiger partial charge >= 0.3 is 0 Å². The summed E-state index contributed by atoms with van der Waals surface area (Å²) in [5, 5.41) is 11.6. The van der Waals surface area contributed by atoms with E-state index in [0.29, 0.717) is 12.7 Å². The quantitative estimate of drug-likeness (QED) is 0.712. The van der Waals surface area contributed by atoms with Crippen LogP contribution in [-0.2, 0) is 16.0 Å². The number of hydrogen-bond acceptors (Lipinski definition) is 3. The minimum atomic E-state index is -0.507. The Kier molecular flexibility index (Phi) is 3.85. The SMILES string of the molecule is CC(=O)NC(C=O)Cc1ccc(O)cc1. The van der Waals surface area contributed by atoms with E-state index in [1.54, 1.807) is 24.3 Å². The van der Waals surface area contributed by atoms with Gasteiger partial charge in [-0.15, -0.1) is 0 Å². The first-order valence-electron chi connectivity index (χ1n) is 4.62. The summed E-state index contributed by atoms with van der Waals surface area (Å²) in [5.74, 6) is -0.0493. The maximum Gasteiger partial charge on any atom is 0.217 e. The van der Waals surface area contributed by atoms with Crippen LogP contribution in [-0.4, -0.2) is 23.3 Å². The van der Waals surface area contributed by atoms with Crippen LogP contribution < -0.4 is 5.32 Å². The van der Waals surface area contributed by atoms with Crippen molar-refractivity contribution in [3.63, 3.8) is 0 Å². The van der Waals surface area contributed by atoms with Gasteiger partial charge in [-0.2, -0.15) is 0 Å². The zero-order chi connectivity index (χ0) is 11.3. The Hall–Kier alpha value is -1.84. The Morgan fingerprint density at radius 1 is 1.47 bits per heavy atom. The molecule has 0 spiro atoms. The Morgan fingerprint density at radius 2 is 2.07 bits per heavy atom. The van der Waals surface area contributed by atoms with E-state index in [1.165, 1.54) is 6.92 Å². The molecule has 0 radical (unpaired) electrons. The molecular formula is C11H13NO3. The molecule has 1 aromatic carbocycles. The average molecular weight is 207 g/mol. The van der Waals surface area contributed by atoms with Gasteiger partial charge in [0.25, 0.3) is 0 Å². The van der Waals surface area contributed by atoms with Crippen molar-refractivity contribution in [1.82, 2.24) is 5.32 Å². The summed E-state index contributed by atoms with van der Waals surface area (Å²) in [6.07, 6.45) is 1.14. The maximum atomic E-state index is 10.7. The second kappa shape index (κ2) is 5.14. The van der Waals surface area contributed by atoms with Crippen molar-refractivity contribution in [2.24, 2.45) is 0 Å². The molecule has 0 aliphatic rings. The molecule has 0 fully saturated rings. The topological polar surface area (TPSA) is 66.4 Å². The van der Waals surface area contributed by atoms with E-state index in [0.717, 1.165) is 5.56 Å². The smallest absolute Gasteiger partial charge is 0.217 e. The van der Waals surface area contributed by atoms with Crippen LogP contribution in [0.5, 0.6) is 5.75 Å². The van der Waals surface area contributed by atoms with Gasteiger partial charge in [-0.25, -0.2) is 0 Å². The molecule has 15 heavy (non-hydrogen) atoms. The largest absolute Gasteiger partial charge is 0.508 e. The lowest BCUT2D eigenvalue weighted by atomic mass is 10.1. The van der Waals surface area contributed by atoms with E-state index in [-0.39, 0.29) is 11.7 Å². The second-order valence-corrected chi connectivity index (χ2v) is 3.31. The van der Waals surface area contributed by atoms with Crippen LogP contribution in [0.25, 0.3) is 0 Å². The second-order valence-electron chi connectivity index (χ2n) is 3.31. The van der Waals surface area contributed by atoms with E-state index in [1.807, 2.05) is 0 Å². The van der Waals surface area contributed by atoms with Gasteiger partial charge in [0.1, 0.15) is 12.0 Å². The van der Waals surface area contributed by atoms with E-state index in [2.05, 4.69) is 5.32 Å². The van der Waals surface area contributed by atoms with E-state index in [9.17, 15) is 9.59 Å². The lowest BCUT2D eigenvalue weighted by Crippen LogP contribution is -2.35. The molecule has 4 nitrogen and oxygen atoms in total. The molecule has 4 heteroatoms. The van der Waals surface area contributed by atoms with Gasteiger partial charge < -0.3 is 15.2 Å². The maximum absolute atomic E-state index is 10.7. The summed E-state index contributed by atoms with van der Waals surface area (Å²) in [4.78, 5) is 21.4. The van der Waals surface area contributed by atoms with Gasteiger partial charge in [-0.3, -0.25) is 4.79 Å². The van der Waals surface area contributed by atoms with Crippen molar-refractivity contribution >= 4 is 12.2 Å². The molecule has 1 unspecified atom stereocenters. The van der Waals surface area contributed by atoms with Crippen LogP contribution in [0.3, 0.4) is 0 Å². The first-order valence-corrected chi connectivity index (χ1v) is 4.62. The Balaban J connectivity index is 2.62. The molecular weight excluding hydrogens is 194 g/mol. The number of carbonyl (C=O) groups is 2. The number of benzene rings is 1. The first-order chi connectivity index (χ1) is 7.11.